The lowest BCUT2D eigenvalue weighted by Gasteiger charge is -2.30. The van der Waals surface area contributed by atoms with Crippen molar-refractivity contribution in [3.05, 3.63) is 18.2 Å². The standard InChI is InChI=1S/C19H28N4O3S2/c1-3-4-10-23-17-8-7-15(28(20,25)26)11-16(17)21-19(23)27-13-18(24)22-9-5-6-14(2)12-22/h7-8,11,14H,3-6,9-10,12-13H2,1-2H3,(H2,20,25,26). The SMILES string of the molecule is CCCCn1c(SCC(=O)N2CCCC(C)C2)nc2cc(S(N)(=O)=O)ccc21. The molecule has 1 saturated heterocycles. The Bertz CT molecular complexity index is 955. The van der Waals surface area contributed by atoms with Gasteiger partial charge in [-0.2, -0.15) is 0 Å². The van der Waals surface area contributed by atoms with Gasteiger partial charge in [-0.05, 0) is 43.4 Å². The van der Waals surface area contributed by atoms with Crippen LogP contribution in [-0.4, -0.2) is 47.6 Å². The number of imidazole rings is 1. The van der Waals surface area contributed by atoms with Crippen molar-refractivity contribution in [2.45, 2.75) is 56.1 Å². The van der Waals surface area contributed by atoms with Gasteiger partial charge in [-0.3, -0.25) is 4.79 Å². The van der Waals surface area contributed by atoms with Crippen LogP contribution in [0, 0.1) is 5.92 Å². The Hall–Kier alpha value is -1.58. The topological polar surface area (TPSA) is 98.3 Å². The lowest BCUT2D eigenvalue weighted by molar-refractivity contribution is -0.130. The summed E-state index contributed by atoms with van der Waals surface area (Å²) in [6.07, 6.45) is 4.25. The molecule has 1 aliphatic rings. The summed E-state index contributed by atoms with van der Waals surface area (Å²) in [6.45, 7) is 6.72. The number of hydrogen-bond acceptors (Lipinski definition) is 5. The molecule has 3 rings (SSSR count). The smallest absolute Gasteiger partial charge is 0.238 e. The number of piperidine rings is 1. The van der Waals surface area contributed by atoms with Crippen molar-refractivity contribution in [3.63, 3.8) is 0 Å². The van der Waals surface area contributed by atoms with Crippen LogP contribution in [0.15, 0.2) is 28.3 Å². The molecule has 0 saturated carbocycles. The van der Waals surface area contributed by atoms with Crippen LogP contribution in [0.2, 0.25) is 0 Å². The summed E-state index contributed by atoms with van der Waals surface area (Å²) < 4.78 is 25.4. The van der Waals surface area contributed by atoms with Crippen molar-refractivity contribution in [2.24, 2.45) is 11.1 Å². The average Bonchev–Trinajstić information content (AvgIpc) is 3.00. The lowest BCUT2D eigenvalue weighted by atomic mass is 10.0. The highest BCUT2D eigenvalue weighted by Crippen LogP contribution is 2.27. The van der Waals surface area contributed by atoms with E-state index in [1.165, 1.54) is 30.3 Å². The Morgan fingerprint density at radius 1 is 1.39 bits per heavy atom. The Kier molecular flexibility index (Phi) is 6.67. The third-order valence-corrected chi connectivity index (χ3v) is 6.96. The number of hydrogen-bond donors (Lipinski definition) is 1. The molecule has 1 aromatic carbocycles. The maximum Gasteiger partial charge on any atom is 0.238 e. The fourth-order valence-corrected chi connectivity index (χ4v) is 5.02. The van der Waals surface area contributed by atoms with Crippen molar-refractivity contribution in [1.29, 1.82) is 0 Å². The zero-order valence-electron chi connectivity index (χ0n) is 16.4. The Labute approximate surface area is 170 Å². The van der Waals surface area contributed by atoms with Crippen LogP contribution in [0.5, 0.6) is 0 Å². The van der Waals surface area contributed by atoms with E-state index in [0.29, 0.717) is 17.2 Å². The predicted molar refractivity (Wildman–Crippen MR) is 112 cm³/mol. The number of carbonyl (C=O) groups is 1. The van der Waals surface area contributed by atoms with Crippen molar-refractivity contribution in [1.82, 2.24) is 14.5 Å². The molecule has 0 radical (unpaired) electrons. The molecular weight excluding hydrogens is 396 g/mol. The number of rotatable bonds is 7. The van der Waals surface area contributed by atoms with Crippen LogP contribution in [0.4, 0.5) is 0 Å². The summed E-state index contributed by atoms with van der Waals surface area (Å²) in [6, 6.07) is 4.76. The zero-order chi connectivity index (χ0) is 20.3. The number of carbonyl (C=O) groups excluding carboxylic acids is 1. The molecule has 0 bridgehead atoms. The third kappa shape index (κ3) is 4.87. The molecule has 1 fully saturated rings. The molecule has 0 spiro atoms. The largest absolute Gasteiger partial charge is 0.342 e. The van der Waals surface area contributed by atoms with E-state index in [4.69, 9.17) is 5.14 Å². The Morgan fingerprint density at radius 3 is 2.86 bits per heavy atom. The highest BCUT2D eigenvalue weighted by atomic mass is 32.2. The molecule has 2 N–H and O–H groups in total. The van der Waals surface area contributed by atoms with Gasteiger partial charge < -0.3 is 9.47 Å². The fraction of sp³-hybridized carbons (Fsp3) is 0.579. The minimum atomic E-state index is -3.78. The number of primary sulfonamides is 1. The summed E-state index contributed by atoms with van der Waals surface area (Å²) in [4.78, 5) is 19.2. The summed E-state index contributed by atoms with van der Waals surface area (Å²) in [5.74, 6) is 1.02. The molecule has 28 heavy (non-hydrogen) atoms. The first kappa shape index (κ1) is 21.1. The number of nitrogens with two attached hydrogens (primary N) is 1. The first-order valence-electron chi connectivity index (χ1n) is 9.73. The van der Waals surface area contributed by atoms with Crippen molar-refractivity contribution in [2.75, 3.05) is 18.8 Å². The van der Waals surface area contributed by atoms with Crippen LogP contribution in [-0.2, 0) is 21.4 Å². The molecule has 1 atom stereocenters. The van der Waals surface area contributed by atoms with Crippen LogP contribution in [0.1, 0.15) is 39.5 Å². The summed E-state index contributed by atoms with van der Waals surface area (Å²) in [5, 5.41) is 5.99. The van der Waals surface area contributed by atoms with E-state index in [1.54, 1.807) is 6.07 Å². The highest BCUT2D eigenvalue weighted by Gasteiger charge is 2.22. The number of aromatic nitrogens is 2. The van der Waals surface area contributed by atoms with Gasteiger partial charge in [0, 0.05) is 19.6 Å². The van der Waals surface area contributed by atoms with Gasteiger partial charge in [-0.15, -0.1) is 0 Å². The van der Waals surface area contributed by atoms with Gasteiger partial charge in [0.05, 0.1) is 21.7 Å². The Balaban J connectivity index is 1.83. The lowest BCUT2D eigenvalue weighted by Crippen LogP contribution is -2.40. The number of amides is 1. The number of benzene rings is 1. The quantitative estimate of drug-likeness (QED) is 0.689. The first-order valence-corrected chi connectivity index (χ1v) is 12.3. The molecule has 154 valence electrons. The number of sulfonamides is 1. The number of fused-ring (bicyclic) bond motifs is 1. The van der Waals surface area contributed by atoms with Crippen LogP contribution in [0.25, 0.3) is 11.0 Å². The van der Waals surface area contributed by atoms with E-state index in [-0.39, 0.29) is 10.8 Å². The van der Waals surface area contributed by atoms with Crippen molar-refractivity contribution < 1.29 is 13.2 Å². The molecule has 9 heteroatoms. The number of likely N-dealkylation sites (tertiary alicyclic amines) is 1. The summed E-state index contributed by atoms with van der Waals surface area (Å²) in [7, 11) is -3.78. The van der Waals surface area contributed by atoms with Gasteiger partial charge in [0.1, 0.15) is 0 Å². The highest BCUT2D eigenvalue weighted by molar-refractivity contribution is 7.99. The van der Waals surface area contributed by atoms with Gasteiger partial charge in [-0.1, -0.05) is 32.0 Å². The monoisotopic (exact) mass is 424 g/mol. The molecule has 2 aromatic rings. The molecule has 1 amide bonds. The second kappa shape index (κ2) is 8.84. The average molecular weight is 425 g/mol. The van der Waals surface area contributed by atoms with Crippen molar-refractivity contribution >= 4 is 38.7 Å². The van der Waals surface area contributed by atoms with Gasteiger partial charge in [-0.25, -0.2) is 18.5 Å². The van der Waals surface area contributed by atoms with Gasteiger partial charge >= 0.3 is 0 Å². The third-order valence-electron chi connectivity index (χ3n) is 5.08. The molecular formula is C19H28N4O3S2. The van der Waals surface area contributed by atoms with Crippen LogP contribution >= 0.6 is 11.8 Å². The number of unbranched alkanes of at least 4 members (excludes halogenated alkanes) is 1. The number of aryl methyl sites for hydroxylation is 1. The minimum Gasteiger partial charge on any atom is -0.342 e. The number of thioether (sulfide) groups is 1. The summed E-state index contributed by atoms with van der Waals surface area (Å²) >= 11 is 1.42. The van der Waals surface area contributed by atoms with Gasteiger partial charge in [0.2, 0.25) is 15.9 Å². The minimum absolute atomic E-state index is 0.0510. The molecule has 1 aromatic heterocycles. The summed E-state index contributed by atoms with van der Waals surface area (Å²) in [5.41, 5.74) is 1.45. The zero-order valence-corrected chi connectivity index (χ0v) is 18.1. The molecule has 1 aliphatic heterocycles. The van der Waals surface area contributed by atoms with E-state index in [0.717, 1.165) is 49.6 Å². The van der Waals surface area contributed by atoms with Gasteiger partial charge in [0.25, 0.3) is 0 Å². The predicted octanol–water partition coefficient (Wildman–Crippen LogP) is 2.83. The van der Waals surface area contributed by atoms with E-state index < -0.39 is 10.0 Å². The normalized spacial score (nSPS) is 18.0. The molecule has 0 aliphatic carbocycles. The molecule has 7 nitrogen and oxygen atoms in total. The second-order valence-electron chi connectivity index (χ2n) is 7.47. The van der Waals surface area contributed by atoms with E-state index in [9.17, 15) is 13.2 Å². The number of nitrogens with zero attached hydrogens (tertiary/aromatic N) is 3. The van der Waals surface area contributed by atoms with E-state index in [2.05, 4.69) is 23.4 Å². The molecule has 1 unspecified atom stereocenters. The van der Waals surface area contributed by atoms with Gasteiger partial charge in [0.15, 0.2) is 5.16 Å². The van der Waals surface area contributed by atoms with E-state index in [1.807, 2.05) is 4.90 Å². The Morgan fingerprint density at radius 2 is 2.18 bits per heavy atom. The second-order valence-corrected chi connectivity index (χ2v) is 9.97. The van der Waals surface area contributed by atoms with E-state index >= 15 is 0 Å². The van der Waals surface area contributed by atoms with Crippen LogP contribution < -0.4 is 5.14 Å². The maximum absolute atomic E-state index is 12.6. The van der Waals surface area contributed by atoms with Crippen LogP contribution in [0.3, 0.4) is 0 Å². The first-order chi connectivity index (χ1) is 13.3. The van der Waals surface area contributed by atoms with Crippen molar-refractivity contribution in [3.8, 4) is 0 Å². The fourth-order valence-electron chi connectivity index (χ4n) is 3.54. The molecule has 2 heterocycles. The maximum atomic E-state index is 12.6.